The highest BCUT2D eigenvalue weighted by Crippen LogP contribution is 2.33. The number of hydrogen-bond donors (Lipinski definition) is 0. The van der Waals surface area contributed by atoms with E-state index in [-0.39, 0.29) is 5.56 Å². The van der Waals surface area contributed by atoms with Gasteiger partial charge in [0, 0.05) is 9.35 Å². The van der Waals surface area contributed by atoms with E-state index in [0.717, 1.165) is 39.5 Å². The van der Waals surface area contributed by atoms with Crippen LogP contribution < -0.4 is 5.56 Å². The lowest BCUT2D eigenvalue weighted by molar-refractivity contribution is 0.699. The Hall–Kier alpha value is -1.79. The molecule has 4 nitrogen and oxygen atoms in total. The van der Waals surface area contributed by atoms with E-state index >= 15 is 0 Å². The van der Waals surface area contributed by atoms with Gasteiger partial charge in [-0.3, -0.25) is 4.79 Å². The van der Waals surface area contributed by atoms with E-state index in [0.29, 0.717) is 0 Å². The summed E-state index contributed by atoms with van der Waals surface area (Å²) in [6, 6.07) is 7.78. The Balaban J connectivity index is 1.79. The zero-order valence-corrected chi connectivity index (χ0v) is 14.7. The first kappa shape index (κ1) is 14.8. The van der Waals surface area contributed by atoms with Crippen molar-refractivity contribution < 1.29 is 0 Å². The van der Waals surface area contributed by atoms with Crippen LogP contribution in [0.3, 0.4) is 0 Å². The molecule has 0 unspecified atom stereocenters. The normalized spacial score (nSPS) is 14.5. The third-order valence-corrected chi connectivity index (χ3v) is 5.73. The highest BCUT2D eigenvalue weighted by molar-refractivity contribution is 9.10. The van der Waals surface area contributed by atoms with Gasteiger partial charge in [-0.05, 0) is 48.9 Å². The van der Waals surface area contributed by atoms with E-state index in [9.17, 15) is 4.79 Å². The second-order valence-corrected chi connectivity index (χ2v) is 7.58. The zero-order valence-electron chi connectivity index (χ0n) is 12.3. The predicted molar refractivity (Wildman–Crippen MR) is 97.7 cm³/mol. The smallest absolute Gasteiger partial charge is 0.267 e. The van der Waals surface area contributed by atoms with Gasteiger partial charge < -0.3 is 0 Å². The number of halogens is 1. The molecule has 0 N–H and O–H groups in total. The summed E-state index contributed by atoms with van der Waals surface area (Å²) in [5.74, 6) is 0. The maximum absolute atomic E-state index is 12.8. The molecule has 0 spiro atoms. The van der Waals surface area contributed by atoms with Gasteiger partial charge in [0.25, 0.3) is 5.56 Å². The third kappa shape index (κ3) is 2.77. The minimum atomic E-state index is -0.0688. The molecule has 116 valence electrons. The first-order chi connectivity index (χ1) is 11.2. The number of aromatic nitrogens is 2. The van der Waals surface area contributed by atoms with Crippen molar-refractivity contribution in [1.29, 1.82) is 0 Å². The third-order valence-electron chi connectivity index (χ3n) is 4.04. The van der Waals surface area contributed by atoms with Gasteiger partial charge in [-0.15, -0.1) is 11.3 Å². The molecule has 1 aliphatic rings. The highest BCUT2D eigenvalue weighted by atomic mass is 79.9. The molecule has 1 aromatic carbocycles. The van der Waals surface area contributed by atoms with Crippen molar-refractivity contribution in [3.8, 4) is 0 Å². The molecule has 0 aliphatic heterocycles. The van der Waals surface area contributed by atoms with Crippen molar-refractivity contribution >= 4 is 43.7 Å². The van der Waals surface area contributed by atoms with Gasteiger partial charge in [-0.2, -0.15) is 9.78 Å². The molecular formula is C17H14BrN3OS. The van der Waals surface area contributed by atoms with Gasteiger partial charge in [-0.25, -0.2) is 4.98 Å². The molecule has 23 heavy (non-hydrogen) atoms. The van der Waals surface area contributed by atoms with Crippen LogP contribution in [0.5, 0.6) is 0 Å². The lowest BCUT2D eigenvalue weighted by Gasteiger charge is -2.09. The molecule has 3 aromatic rings. The summed E-state index contributed by atoms with van der Waals surface area (Å²) in [4.78, 5) is 19.4. The molecule has 6 heteroatoms. The van der Waals surface area contributed by atoms with E-state index in [2.05, 4.69) is 26.0 Å². The number of fused-ring (bicyclic) bond motifs is 3. The van der Waals surface area contributed by atoms with Crippen LogP contribution in [0.1, 0.15) is 28.8 Å². The van der Waals surface area contributed by atoms with Crippen LogP contribution in [0.2, 0.25) is 0 Å². The molecular weight excluding hydrogens is 374 g/mol. The molecule has 2 aromatic heterocycles. The minimum Gasteiger partial charge on any atom is -0.267 e. The number of aryl methyl sites for hydroxylation is 2. The summed E-state index contributed by atoms with van der Waals surface area (Å²) in [5, 5.41) is 5.06. The number of benzene rings is 1. The molecule has 0 saturated carbocycles. The quantitative estimate of drug-likeness (QED) is 0.624. The fourth-order valence-electron chi connectivity index (χ4n) is 2.94. The summed E-state index contributed by atoms with van der Waals surface area (Å²) in [6.45, 7) is 0. The molecule has 4 rings (SSSR count). The summed E-state index contributed by atoms with van der Waals surface area (Å²) in [6.07, 6.45) is 7.59. The summed E-state index contributed by atoms with van der Waals surface area (Å²) < 4.78 is 2.32. The van der Waals surface area contributed by atoms with Gasteiger partial charge in [0.1, 0.15) is 11.2 Å². The SMILES string of the molecule is O=c1c2c3c(sc2ncn1/N=C/c1cccc(Br)c1)CCCC3. The van der Waals surface area contributed by atoms with Crippen LogP contribution in [0.15, 0.2) is 45.0 Å². The predicted octanol–water partition coefficient (Wildman–Crippen LogP) is 3.98. The first-order valence-corrected chi connectivity index (χ1v) is 9.15. The topological polar surface area (TPSA) is 47.2 Å². The Bertz CT molecular complexity index is 974. The molecule has 0 radical (unpaired) electrons. The Morgan fingerprint density at radius 2 is 2.17 bits per heavy atom. The standard InChI is InChI=1S/C17H14BrN3OS/c18-12-5-3-4-11(8-12)9-20-21-10-19-16-15(17(21)22)13-6-1-2-7-14(13)23-16/h3-5,8-10H,1-2,6-7H2/b20-9+. The first-order valence-electron chi connectivity index (χ1n) is 7.54. The van der Waals surface area contributed by atoms with Crippen molar-refractivity contribution in [3.63, 3.8) is 0 Å². The second-order valence-electron chi connectivity index (χ2n) is 5.58. The van der Waals surface area contributed by atoms with Crippen molar-refractivity contribution in [2.75, 3.05) is 0 Å². The van der Waals surface area contributed by atoms with Crippen LogP contribution >= 0.6 is 27.3 Å². The number of thiophene rings is 1. The van der Waals surface area contributed by atoms with Crippen LogP contribution in [0, 0.1) is 0 Å². The Kier molecular flexibility index (Phi) is 3.87. The van der Waals surface area contributed by atoms with Gasteiger partial charge in [0.15, 0.2) is 0 Å². The maximum atomic E-state index is 12.8. The van der Waals surface area contributed by atoms with Crippen LogP contribution in [-0.2, 0) is 12.8 Å². The monoisotopic (exact) mass is 387 g/mol. The number of hydrogen-bond acceptors (Lipinski definition) is 4. The van der Waals surface area contributed by atoms with Crippen molar-refractivity contribution in [2.45, 2.75) is 25.7 Å². The Labute approximate surface area is 145 Å². The Morgan fingerprint density at radius 3 is 3.04 bits per heavy atom. The van der Waals surface area contributed by atoms with E-state index in [1.54, 1.807) is 17.6 Å². The fourth-order valence-corrected chi connectivity index (χ4v) is 4.57. The second kappa shape index (κ2) is 6.02. The molecule has 2 heterocycles. The zero-order chi connectivity index (χ0) is 15.8. The van der Waals surface area contributed by atoms with Gasteiger partial charge in [0.05, 0.1) is 11.6 Å². The minimum absolute atomic E-state index is 0.0688. The summed E-state index contributed by atoms with van der Waals surface area (Å²) in [7, 11) is 0. The summed E-state index contributed by atoms with van der Waals surface area (Å²) >= 11 is 5.09. The van der Waals surface area contributed by atoms with E-state index in [1.165, 1.54) is 27.9 Å². The average Bonchev–Trinajstić information content (AvgIpc) is 2.93. The van der Waals surface area contributed by atoms with E-state index in [1.807, 2.05) is 24.3 Å². The average molecular weight is 388 g/mol. The van der Waals surface area contributed by atoms with Gasteiger partial charge in [0.2, 0.25) is 0 Å². The van der Waals surface area contributed by atoms with Crippen LogP contribution in [0.4, 0.5) is 0 Å². The molecule has 0 fully saturated rings. The summed E-state index contributed by atoms with van der Waals surface area (Å²) in [5.41, 5.74) is 2.06. The molecule has 0 atom stereocenters. The molecule has 0 amide bonds. The fraction of sp³-hybridized carbons (Fsp3) is 0.235. The van der Waals surface area contributed by atoms with Crippen molar-refractivity contribution in [2.24, 2.45) is 5.10 Å². The Morgan fingerprint density at radius 1 is 1.30 bits per heavy atom. The molecule has 0 bridgehead atoms. The van der Waals surface area contributed by atoms with Crippen molar-refractivity contribution in [1.82, 2.24) is 9.66 Å². The molecule has 0 saturated heterocycles. The van der Waals surface area contributed by atoms with E-state index in [4.69, 9.17) is 0 Å². The van der Waals surface area contributed by atoms with Crippen LogP contribution in [-0.4, -0.2) is 15.9 Å². The van der Waals surface area contributed by atoms with Gasteiger partial charge >= 0.3 is 0 Å². The largest absolute Gasteiger partial charge is 0.282 e. The van der Waals surface area contributed by atoms with Gasteiger partial charge in [-0.1, -0.05) is 28.1 Å². The number of rotatable bonds is 2. The lowest BCUT2D eigenvalue weighted by atomic mass is 9.97. The van der Waals surface area contributed by atoms with Crippen LogP contribution in [0.25, 0.3) is 10.2 Å². The maximum Gasteiger partial charge on any atom is 0.282 e. The van der Waals surface area contributed by atoms with Crippen molar-refractivity contribution in [3.05, 3.63) is 61.4 Å². The van der Waals surface area contributed by atoms with E-state index < -0.39 is 0 Å². The number of nitrogens with zero attached hydrogens (tertiary/aromatic N) is 3. The molecule has 1 aliphatic carbocycles. The lowest BCUT2D eigenvalue weighted by Crippen LogP contribution is -2.18. The highest BCUT2D eigenvalue weighted by Gasteiger charge is 2.19.